The maximum Gasteiger partial charge on any atom is 0.243 e. The summed E-state index contributed by atoms with van der Waals surface area (Å²) in [5.41, 5.74) is 2.33. The molecule has 1 heterocycles. The van der Waals surface area contributed by atoms with Gasteiger partial charge in [-0.2, -0.15) is 0 Å². The Morgan fingerprint density at radius 2 is 1.75 bits per heavy atom. The summed E-state index contributed by atoms with van der Waals surface area (Å²) in [7, 11) is -3.76. The van der Waals surface area contributed by atoms with Gasteiger partial charge < -0.3 is 10.1 Å². The minimum atomic E-state index is -3.76. The van der Waals surface area contributed by atoms with Gasteiger partial charge in [-0.05, 0) is 36.2 Å². The highest BCUT2D eigenvalue weighted by Crippen LogP contribution is 2.28. The number of nitrogens with zero attached hydrogens (tertiary/aromatic N) is 2. The number of anilines is 1. The second kappa shape index (κ2) is 10.9. The summed E-state index contributed by atoms with van der Waals surface area (Å²) in [4.78, 5) is 15.2. The van der Waals surface area contributed by atoms with Crippen LogP contribution in [-0.4, -0.2) is 57.8 Å². The lowest BCUT2D eigenvalue weighted by Crippen LogP contribution is -2.47. The summed E-state index contributed by atoms with van der Waals surface area (Å²) in [6, 6.07) is 11.4. The van der Waals surface area contributed by atoms with E-state index in [-0.39, 0.29) is 22.3 Å². The Balaban J connectivity index is 1.68. The number of amides is 1. The molecule has 3 rings (SSSR count). The molecule has 0 spiro atoms. The molecule has 0 radical (unpaired) electrons. The molecule has 1 saturated heterocycles. The van der Waals surface area contributed by atoms with Gasteiger partial charge in [0.25, 0.3) is 0 Å². The lowest BCUT2D eigenvalue weighted by atomic mass is 10.1. The average molecular weight is 500 g/mol. The molecule has 174 valence electrons. The summed E-state index contributed by atoms with van der Waals surface area (Å²) >= 11 is 12.1. The summed E-state index contributed by atoms with van der Waals surface area (Å²) in [6.07, 6.45) is 1.04. The third-order valence-corrected chi connectivity index (χ3v) is 6.84. The number of benzene rings is 2. The fraction of sp³-hybridized carbons (Fsp3) is 0.409. The van der Waals surface area contributed by atoms with Crippen LogP contribution < -0.4 is 9.62 Å². The van der Waals surface area contributed by atoms with Crippen molar-refractivity contribution in [3.63, 3.8) is 0 Å². The minimum Gasteiger partial charge on any atom is -0.379 e. The number of carbonyl (C=O) groups is 1. The van der Waals surface area contributed by atoms with E-state index in [2.05, 4.69) is 16.3 Å². The summed E-state index contributed by atoms with van der Waals surface area (Å²) in [6.45, 7) is 5.90. The van der Waals surface area contributed by atoms with E-state index < -0.39 is 22.0 Å². The highest BCUT2D eigenvalue weighted by molar-refractivity contribution is 7.92. The number of hydrogen-bond acceptors (Lipinski definition) is 5. The van der Waals surface area contributed by atoms with Crippen LogP contribution in [0.5, 0.6) is 0 Å². The summed E-state index contributed by atoms with van der Waals surface area (Å²) < 4.78 is 31.3. The number of rotatable bonds is 8. The van der Waals surface area contributed by atoms with Gasteiger partial charge in [-0.1, -0.05) is 47.5 Å². The topological polar surface area (TPSA) is 79.0 Å². The van der Waals surface area contributed by atoms with Crippen LogP contribution >= 0.6 is 23.2 Å². The maximum absolute atomic E-state index is 12.8. The molecule has 1 fully saturated rings. The maximum atomic E-state index is 12.8. The molecular formula is C22H27Cl2N3O4S. The Labute approximate surface area is 199 Å². The molecule has 0 bridgehead atoms. The molecule has 0 aromatic heterocycles. The van der Waals surface area contributed by atoms with E-state index in [9.17, 15) is 13.2 Å². The summed E-state index contributed by atoms with van der Waals surface area (Å²) in [5.74, 6) is -0.426. The molecular weight excluding hydrogens is 473 g/mol. The second-order valence-electron chi connectivity index (χ2n) is 7.79. The van der Waals surface area contributed by atoms with Crippen LogP contribution in [0.3, 0.4) is 0 Å². The molecule has 7 nitrogen and oxygen atoms in total. The first-order valence-electron chi connectivity index (χ1n) is 10.2. The molecule has 0 saturated carbocycles. The first-order valence-corrected chi connectivity index (χ1v) is 12.8. The normalized spacial score (nSPS) is 15.9. The van der Waals surface area contributed by atoms with Gasteiger partial charge in [-0.15, -0.1) is 0 Å². The molecule has 0 unspecified atom stereocenters. The van der Waals surface area contributed by atoms with Gasteiger partial charge in [0.2, 0.25) is 15.9 Å². The first-order chi connectivity index (χ1) is 15.1. The van der Waals surface area contributed by atoms with E-state index >= 15 is 0 Å². The molecule has 1 aliphatic heterocycles. The monoisotopic (exact) mass is 499 g/mol. The number of nitrogens with one attached hydrogen (secondary N) is 1. The second-order valence-corrected chi connectivity index (χ2v) is 10.5. The fourth-order valence-electron chi connectivity index (χ4n) is 3.67. The molecule has 1 amide bonds. The van der Waals surface area contributed by atoms with Gasteiger partial charge in [0.15, 0.2) is 0 Å². The predicted molar refractivity (Wildman–Crippen MR) is 128 cm³/mol. The lowest BCUT2D eigenvalue weighted by molar-refractivity contribution is -0.122. The van der Waals surface area contributed by atoms with Crippen LogP contribution in [0.15, 0.2) is 42.5 Å². The lowest BCUT2D eigenvalue weighted by Gasteiger charge is -2.28. The molecule has 1 aliphatic rings. The van der Waals surface area contributed by atoms with Crippen molar-refractivity contribution in [2.75, 3.05) is 36.9 Å². The van der Waals surface area contributed by atoms with E-state index in [1.165, 1.54) is 25.1 Å². The Morgan fingerprint density at radius 3 is 2.38 bits per heavy atom. The van der Waals surface area contributed by atoms with E-state index in [4.69, 9.17) is 27.9 Å². The highest BCUT2D eigenvalue weighted by Gasteiger charge is 2.29. The smallest absolute Gasteiger partial charge is 0.243 e. The van der Waals surface area contributed by atoms with Crippen molar-refractivity contribution in [2.45, 2.75) is 26.1 Å². The van der Waals surface area contributed by atoms with Gasteiger partial charge in [0.05, 0.1) is 25.2 Å². The molecule has 32 heavy (non-hydrogen) atoms. The van der Waals surface area contributed by atoms with Crippen LogP contribution in [-0.2, 0) is 32.6 Å². The molecule has 1 atom stereocenters. The molecule has 1 N–H and O–H groups in total. The van der Waals surface area contributed by atoms with Gasteiger partial charge in [-0.3, -0.25) is 14.0 Å². The van der Waals surface area contributed by atoms with Crippen molar-refractivity contribution in [2.24, 2.45) is 0 Å². The van der Waals surface area contributed by atoms with E-state index in [0.717, 1.165) is 54.5 Å². The average Bonchev–Trinajstić information content (AvgIpc) is 2.71. The van der Waals surface area contributed by atoms with Crippen molar-refractivity contribution in [1.82, 2.24) is 10.2 Å². The van der Waals surface area contributed by atoms with Gasteiger partial charge in [0, 0.05) is 36.2 Å². The zero-order valence-corrected chi connectivity index (χ0v) is 20.4. The van der Waals surface area contributed by atoms with Gasteiger partial charge in [-0.25, -0.2) is 8.42 Å². The molecule has 2 aromatic rings. The number of morpholine rings is 1. The van der Waals surface area contributed by atoms with E-state index in [0.29, 0.717) is 0 Å². The standard InChI is InChI=1S/C22H27Cl2N3O4S/c1-16(27(32(2,29)30)21-12-19(23)11-20(24)13-21)22(28)25-14-17-4-3-5-18(10-17)15-26-6-8-31-9-7-26/h3-5,10-13,16H,6-9,14-15H2,1-2H3,(H,25,28)/t16-/m0/s1. The van der Waals surface area contributed by atoms with Crippen molar-refractivity contribution < 1.29 is 17.9 Å². The fourth-order valence-corrected chi connectivity index (χ4v) is 5.34. The van der Waals surface area contributed by atoms with Crippen LogP contribution in [0.4, 0.5) is 5.69 Å². The Hall–Kier alpha value is -1.84. The van der Waals surface area contributed by atoms with Crippen molar-refractivity contribution in [1.29, 1.82) is 0 Å². The number of sulfonamides is 1. The van der Waals surface area contributed by atoms with Crippen molar-refractivity contribution in [3.05, 3.63) is 63.6 Å². The van der Waals surface area contributed by atoms with Crippen molar-refractivity contribution >= 4 is 44.8 Å². The van der Waals surface area contributed by atoms with Gasteiger partial charge in [0.1, 0.15) is 6.04 Å². The number of hydrogen-bond donors (Lipinski definition) is 1. The van der Waals surface area contributed by atoms with Crippen LogP contribution in [0.25, 0.3) is 0 Å². The highest BCUT2D eigenvalue weighted by atomic mass is 35.5. The summed E-state index contributed by atoms with van der Waals surface area (Å²) in [5, 5.41) is 3.40. The zero-order chi connectivity index (χ0) is 23.3. The number of carbonyl (C=O) groups excluding carboxylic acids is 1. The van der Waals surface area contributed by atoms with Crippen LogP contribution in [0.2, 0.25) is 10.0 Å². The largest absolute Gasteiger partial charge is 0.379 e. The predicted octanol–water partition coefficient (Wildman–Crippen LogP) is 3.30. The minimum absolute atomic E-state index is 0.236. The Morgan fingerprint density at radius 1 is 1.12 bits per heavy atom. The van der Waals surface area contributed by atoms with Crippen molar-refractivity contribution in [3.8, 4) is 0 Å². The van der Waals surface area contributed by atoms with Crippen LogP contribution in [0.1, 0.15) is 18.1 Å². The number of ether oxygens (including phenoxy) is 1. The van der Waals surface area contributed by atoms with E-state index in [1.807, 2.05) is 18.2 Å². The molecule has 2 aromatic carbocycles. The quantitative estimate of drug-likeness (QED) is 0.602. The van der Waals surface area contributed by atoms with E-state index in [1.54, 1.807) is 0 Å². The number of halogens is 2. The van der Waals surface area contributed by atoms with Gasteiger partial charge >= 0.3 is 0 Å². The zero-order valence-electron chi connectivity index (χ0n) is 18.1. The SMILES string of the molecule is C[C@@H](C(=O)NCc1cccc(CN2CCOCC2)c1)N(c1cc(Cl)cc(Cl)c1)S(C)(=O)=O. The first kappa shape index (κ1) is 24.8. The third kappa shape index (κ3) is 6.83. The van der Waals surface area contributed by atoms with Crippen LogP contribution in [0, 0.1) is 0 Å². The Bertz CT molecular complexity index is 1040. The molecule has 10 heteroatoms. The third-order valence-electron chi connectivity index (χ3n) is 5.16. The Kier molecular flexibility index (Phi) is 8.41. The molecule has 0 aliphatic carbocycles.